The number of rotatable bonds is 2. The van der Waals surface area contributed by atoms with Crippen molar-refractivity contribution in [1.82, 2.24) is 0 Å². The fourth-order valence-corrected chi connectivity index (χ4v) is 0.729. The van der Waals surface area contributed by atoms with Crippen LogP contribution in [-0.2, 0) is 9.59 Å². The minimum atomic E-state index is -0.762. The van der Waals surface area contributed by atoms with Crippen LogP contribution in [0.15, 0.2) is 0 Å². The minimum Gasteiger partial charge on any atom is -0.302 e. The van der Waals surface area contributed by atoms with Crippen LogP contribution in [0.4, 0.5) is 0 Å². The molecular weight excluding hydrogens is 128 g/mol. The van der Waals surface area contributed by atoms with Crippen LogP contribution in [0.1, 0.15) is 12.8 Å². The highest BCUT2D eigenvalue weighted by molar-refractivity contribution is 6.66. The lowest BCUT2D eigenvalue weighted by Gasteiger charge is -1.92. The van der Waals surface area contributed by atoms with Gasteiger partial charge in [-0.3, -0.25) is 4.79 Å². The van der Waals surface area contributed by atoms with E-state index in [0.29, 0.717) is 19.1 Å². The second-order valence-electron chi connectivity index (χ2n) is 2.05. The molecule has 0 aliphatic heterocycles. The van der Waals surface area contributed by atoms with Gasteiger partial charge in [-0.2, -0.15) is 0 Å². The summed E-state index contributed by atoms with van der Waals surface area (Å²) in [6, 6.07) is 0. The van der Waals surface area contributed by atoms with Gasteiger partial charge in [0.05, 0.1) is 5.41 Å². The van der Waals surface area contributed by atoms with E-state index in [4.69, 9.17) is 11.6 Å². The Morgan fingerprint density at radius 3 is 2.12 bits per heavy atom. The first kappa shape index (κ1) is 5.76. The molecule has 1 aliphatic carbocycles. The number of carbonyl (C=O) groups is 2. The third kappa shape index (κ3) is 0.650. The third-order valence-electron chi connectivity index (χ3n) is 1.41. The SMILES string of the molecule is O=CC1(C(=O)Cl)CC1. The topological polar surface area (TPSA) is 34.1 Å². The van der Waals surface area contributed by atoms with Crippen LogP contribution in [0.3, 0.4) is 0 Å². The Bertz CT molecular complexity index is 137. The summed E-state index contributed by atoms with van der Waals surface area (Å²) in [7, 11) is 0. The summed E-state index contributed by atoms with van der Waals surface area (Å²) >= 11 is 5.06. The Morgan fingerprint density at radius 2 is 2.12 bits per heavy atom. The second-order valence-corrected chi connectivity index (χ2v) is 2.39. The first-order chi connectivity index (χ1) is 3.71. The van der Waals surface area contributed by atoms with E-state index >= 15 is 0 Å². The molecule has 44 valence electrons. The van der Waals surface area contributed by atoms with Gasteiger partial charge in [0.25, 0.3) is 0 Å². The van der Waals surface area contributed by atoms with Crippen molar-refractivity contribution in [2.75, 3.05) is 0 Å². The van der Waals surface area contributed by atoms with Crippen LogP contribution in [0.25, 0.3) is 0 Å². The maximum atomic E-state index is 10.3. The molecule has 0 aromatic carbocycles. The molecule has 0 saturated heterocycles. The van der Waals surface area contributed by atoms with E-state index in [2.05, 4.69) is 0 Å². The molecule has 0 unspecified atom stereocenters. The van der Waals surface area contributed by atoms with E-state index in [1.54, 1.807) is 0 Å². The van der Waals surface area contributed by atoms with Crippen molar-refractivity contribution in [3.63, 3.8) is 0 Å². The molecule has 0 aromatic rings. The average molecular weight is 133 g/mol. The first-order valence-electron chi connectivity index (χ1n) is 2.37. The molecule has 0 spiro atoms. The molecule has 1 rings (SSSR count). The maximum Gasteiger partial charge on any atom is 0.234 e. The van der Waals surface area contributed by atoms with Crippen molar-refractivity contribution in [3.8, 4) is 0 Å². The lowest BCUT2D eigenvalue weighted by Crippen LogP contribution is -2.09. The molecular formula is C5H5ClO2. The third-order valence-corrected chi connectivity index (χ3v) is 1.78. The van der Waals surface area contributed by atoms with Gasteiger partial charge in [-0.15, -0.1) is 0 Å². The van der Waals surface area contributed by atoms with Gasteiger partial charge in [0, 0.05) is 0 Å². The number of carbonyl (C=O) groups excluding carboxylic acids is 2. The highest BCUT2D eigenvalue weighted by Crippen LogP contribution is 2.45. The van der Waals surface area contributed by atoms with Crippen molar-refractivity contribution >= 4 is 23.1 Å². The molecule has 0 atom stereocenters. The van der Waals surface area contributed by atoms with Crippen molar-refractivity contribution in [2.45, 2.75) is 12.8 Å². The monoisotopic (exact) mass is 132 g/mol. The molecule has 0 amide bonds. The zero-order chi connectivity index (χ0) is 6.20. The maximum absolute atomic E-state index is 10.3. The van der Waals surface area contributed by atoms with Crippen molar-refractivity contribution in [1.29, 1.82) is 0 Å². The van der Waals surface area contributed by atoms with Crippen LogP contribution in [-0.4, -0.2) is 11.5 Å². The number of hydrogen-bond donors (Lipinski definition) is 0. The van der Waals surface area contributed by atoms with Gasteiger partial charge >= 0.3 is 0 Å². The summed E-state index contributed by atoms with van der Waals surface area (Å²) < 4.78 is 0. The molecule has 0 radical (unpaired) electrons. The summed E-state index contributed by atoms with van der Waals surface area (Å²) in [6.45, 7) is 0. The van der Waals surface area contributed by atoms with Gasteiger partial charge in [0.2, 0.25) is 5.24 Å². The average Bonchev–Trinajstić information content (AvgIpc) is 2.44. The van der Waals surface area contributed by atoms with Crippen LogP contribution >= 0.6 is 11.6 Å². The molecule has 8 heavy (non-hydrogen) atoms. The van der Waals surface area contributed by atoms with Gasteiger partial charge < -0.3 is 4.79 Å². The van der Waals surface area contributed by atoms with Crippen LogP contribution in [0, 0.1) is 5.41 Å². The quantitative estimate of drug-likeness (QED) is 0.315. The standard InChI is InChI=1S/C5H5ClO2/c6-4(8)5(3-7)1-2-5/h3H,1-2H2. The predicted molar refractivity (Wildman–Crippen MR) is 28.6 cm³/mol. The Kier molecular flexibility index (Phi) is 1.12. The molecule has 2 nitrogen and oxygen atoms in total. The molecule has 1 saturated carbocycles. The smallest absolute Gasteiger partial charge is 0.234 e. The van der Waals surface area contributed by atoms with Crippen LogP contribution in [0.5, 0.6) is 0 Å². The molecule has 1 fully saturated rings. The van der Waals surface area contributed by atoms with E-state index in [-0.39, 0.29) is 0 Å². The zero-order valence-electron chi connectivity index (χ0n) is 4.19. The highest BCUT2D eigenvalue weighted by atomic mass is 35.5. The minimum absolute atomic E-state index is 0.507. The van der Waals surface area contributed by atoms with Gasteiger partial charge in [-0.25, -0.2) is 0 Å². The molecule has 0 aromatic heterocycles. The summed E-state index contributed by atoms with van der Waals surface area (Å²) in [4.78, 5) is 20.3. The van der Waals surface area contributed by atoms with Crippen molar-refractivity contribution in [3.05, 3.63) is 0 Å². The first-order valence-corrected chi connectivity index (χ1v) is 2.75. The van der Waals surface area contributed by atoms with Crippen molar-refractivity contribution in [2.24, 2.45) is 5.41 Å². The lowest BCUT2D eigenvalue weighted by atomic mass is 10.2. The summed E-state index contributed by atoms with van der Waals surface area (Å²) in [5.74, 6) is 0. The summed E-state index contributed by atoms with van der Waals surface area (Å²) in [6.07, 6.45) is 1.92. The highest BCUT2D eigenvalue weighted by Gasteiger charge is 2.48. The van der Waals surface area contributed by atoms with E-state index in [1.165, 1.54) is 0 Å². The van der Waals surface area contributed by atoms with Gasteiger partial charge in [0.1, 0.15) is 6.29 Å². The Labute approximate surface area is 51.8 Å². The molecule has 1 aliphatic rings. The number of aldehydes is 1. The molecule has 0 heterocycles. The number of halogens is 1. The Hall–Kier alpha value is -0.370. The van der Waals surface area contributed by atoms with Crippen LogP contribution in [0.2, 0.25) is 0 Å². The number of hydrogen-bond acceptors (Lipinski definition) is 2. The normalized spacial score (nSPS) is 22.1. The zero-order valence-corrected chi connectivity index (χ0v) is 4.94. The Balaban J connectivity index is 2.66. The van der Waals surface area contributed by atoms with Crippen LogP contribution < -0.4 is 0 Å². The van der Waals surface area contributed by atoms with E-state index in [0.717, 1.165) is 0 Å². The van der Waals surface area contributed by atoms with E-state index in [1.807, 2.05) is 0 Å². The van der Waals surface area contributed by atoms with Crippen molar-refractivity contribution < 1.29 is 9.59 Å². The fourth-order valence-electron chi connectivity index (χ4n) is 0.495. The predicted octanol–water partition coefficient (Wildman–Crippen LogP) is 0.731. The largest absolute Gasteiger partial charge is 0.302 e. The summed E-state index contributed by atoms with van der Waals surface area (Å²) in [5.41, 5.74) is -0.762. The molecule has 0 bridgehead atoms. The van der Waals surface area contributed by atoms with Gasteiger partial charge in [-0.05, 0) is 24.4 Å². The van der Waals surface area contributed by atoms with Gasteiger partial charge in [0.15, 0.2) is 0 Å². The van der Waals surface area contributed by atoms with E-state index in [9.17, 15) is 9.59 Å². The van der Waals surface area contributed by atoms with E-state index < -0.39 is 10.7 Å². The summed E-state index contributed by atoms with van der Waals surface area (Å²) in [5, 5.41) is -0.507. The second kappa shape index (κ2) is 1.55. The Morgan fingerprint density at radius 1 is 1.62 bits per heavy atom. The molecule has 3 heteroatoms. The molecule has 0 N–H and O–H groups in total. The van der Waals surface area contributed by atoms with Gasteiger partial charge in [-0.1, -0.05) is 0 Å². The fraction of sp³-hybridized carbons (Fsp3) is 0.600. The lowest BCUT2D eigenvalue weighted by molar-refractivity contribution is -0.123.